The summed E-state index contributed by atoms with van der Waals surface area (Å²) in [5.74, 6) is -1.65. The van der Waals surface area contributed by atoms with E-state index in [0.29, 0.717) is 25.9 Å². The minimum absolute atomic E-state index is 0.0770. The monoisotopic (exact) mass is 466 g/mol. The third kappa shape index (κ3) is 5.07. The fourth-order valence-corrected chi connectivity index (χ4v) is 4.98. The van der Waals surface area contributed by atoms with Crippen molar-refractivity contribution in [3.63, 3.8) is 0 Å². The first kappa shape index (κ1) is 23.8. The minimum Gasteiger partial charge on any atom is -0.481 e. The molecule has 2 unspecified atom stereocenters. The molecule has 1 heterocycles. The van der Waals surface area contributed by atoms with Crippen LogP contribution in [-0.2, 0) is 14.3 Å². The van der Waals surface area contributed by atoms with Crippen molar-refractivity contribution in [2.75, 3.05) is 19.7 Å². The average molecular weight is 467 g/mol. The van der Waals surface area contributed by atoms with Gasteiger partial charge in [-0.15, -0.1) is 0 Å². The number of ether oxygens (including phenoxy) is 1. The third-order valence-corrected chi connectivity index (χ3v) is 6.85. The quantitative estimate of drug-likeness (QED) is 0.578. The number of carbonyl (C=O) groups excluding carboxylic acids is 2. The molecule has 1 aliphatic carbocycles. The van der Waals surface area contributed by atoms with Crippen LogP contribution in [-0.4, -0.2) is 64.9 Å². The normalized spacial score (nSPS) is 17.4. The number of benzene rings is 2. The number of amides is 2. The van der Waals surface area contributed by atoms with Crippen LogP contribution < -0.4 is 5.32 Å². The Morgan fingerprint density at radius 2 is 1.59 bits per heavy atom. The molecular weight excluding hydrogens is 436 g/mol. The van der Waals surface area contributed by atoms with Gasteiger partial charge in [0.1, 0.15) is 12.6 Å². The van der Waals surface area contributed by atoms with Gasteiger partial charge in [-0.3, -0.25) is 9.59 Å². The number of rotatable bonds is 7. The van der Waals surface area contributed by atoms with Crippen molar-refractivity contribution in [1.82, 2.24) is 10.2 Å². The molecule has 34 heavy (non-hydrogen) atoms. The lowest BCUT2D eigenvalue weighted by molar-refractivity contribution is -0.143. The molecule has 0 bridgehead atoms. The summed E-state index contributed by atoms with van der Waals surface area (Å²) in [6.07, 6.45) is -0.534. The number of alkyl carbamates (subject to hydrolysis) is 1. The molecule has 0 saturated carbocycles. The number of likely N-dealkylation sites (tertiary alicyclic amines) is 1. The van der Waals surface area contributed by atoms with Gasteiger partial charge in [-0.1, -0.05) is 48.5 Å². The van der Waals surface area contributed by atoms with E-state index in [1.165, 1.54) is 0 Å². The molecule has 1 saturated heterocycles. The molecule has 1 fully saturated rings. The summed E-state index contributed by atoms with van der Waals surface area (Å²) in [7, 11) is 0. The molecule has 2 aliphatic rings. The van der Waals surface area contributed by atoms with Gasteiger partial charge in [-0.25, -0.2) is 4.79 Å². The van der Waals surface area contributed by atoms with E-state index < -0.39 is 36.5 Å². The van der Waals surface area contributed by atoms with Crippen molar-refractivity contribution < 1.29 is 29.3 Å². The van der Waals surface area contributed by atoms with Crippen LogP contribution in [0.1, 0.15) is 43.2 Å². The number of nitrogens with one attached hydrogen (secondary N) is 1. The molecule has 2 amide bonds. The van der Waals surface area contributed by atoms with Crippen molar-refractivity contribution in [2.45, 2.75) is 44.2 Å². The van der Waals surface area contributed by atoms with Gasteiger partial charge in [0.25, 0.3) is 0 Å². The van der Waals surface area contributed by atoms with Gasteiger partial charge in [0.05, 0.1) is 12.5 Å². The predicted octanol–water partition coefficient (Wildman–Crippen LogP) is 2.99. The van der Waals surface area contributed by atoms with E-state index in [4.69, 9.17) is 4.74 Å². The molecule has 8 nitrogen and oxygen atoms in total. The number of piperidine rings is 1. The summed E-state index contributed by atoms with van der Waals surface area (Å²) in [6.45, 7) is 2.63. The Kier molecular flexibility index (Phi) is 7.17. The zero-order valence-corrected chi connectivity index (χ0v) is 19.1. The number of aliphatic carboxylic acids is 1. The van der Waals surface area contributed by atoms with Crippen molar-refractivity contribution >= 4 is 18.0 Å². The van der Waals surface area contributed by atoms with Gasteiger partial charge in [0.15, 0.2) is 0 Å². The number of fused-ring (bicyclic) bond motifs is 3. The summed E-state index contributed by atoms with van der Waals surface area (Å²) >= 11 is 0. The van der Waals surface area contributed by atoms with Crippen LogP contribution in [0.25, 0.3) is 11.1 Å². The van der Waals surface area contributed by atoms with Gasteiger partial charge in [-0.05, 0) is 47.9 Å². The van der Waals surface area contributed by atoms with E-state index >= 15 is 0 Å². The van der Waals surface area contributed by atoms with Crippen LogP contribution in [0.15, 0.2) is 48.5 Å². The van der Waals surface area contributed by atoms with Crippen LogP contribution >= 0.6 is 0 Å². The fraction of sp³-hybridized carbons (Fsp3) is 0.423. The van der Waals surface area contributed by atoms with Crippen molar-refractivity contribution in [3.05, 3.63) is 59.7 Å². The number of aliphatic hydroxyl groups excluding tert-OH is 1. The molecule has 3 N–H and O–H groups in total. The third-order valence-electron chi connectivity index (χ3n) is 6.85. The van der Waals surface area contributed by atoms with E-state index in [-0.39, 0.29) is 18.4 Å². The summed E-state index contributed by atoms with van der Waals surface area (Å²) in [5, 5.41) is 21.5. The van der Waals surface area contributed by atoms with Crippen LogP contribution in [0.2, 0.25) is 0 Å². The maximum Gasteiger partial charge on any atom is 0.407 e. The minimum atomic E-state index is -1.21. The molecule has 180 valence electrons. The number of hydrogen-bond acceptors (Lipinski definition) is 5. The van der Waals surface area contributed by atoms with Crippen LogP contribution in [0.3, 0.4) is 0 Å². The first-order valence-electron chi connectivity index (χ1n) is 11.6. The average Bonchev–Trinajstić information content (AvgIpc) is 3.15. The van der Waals surface area contributed by atoms with Crippen LogP contribution in [0, 0.1) is 5.92 Å². The predicted molar refractivity (Wildman–Crippen MR) is 125 cm³/mol. The number of nitrogens with zero attached hydrogens (tertiary/aromatic N) is 1. The fourth-order valence-electron chi connectivity index (χ4n) is 4.98. The Hall–Kier alpha value is -3.39. The summed E-state index contributed by atoms with van der Waals surface area (Å²) in [5.41, 5.74) is 4.34. The van der Waals surface area contributed by atoms with Gasteiger partial charge >= 0.3 is 12.1 Å². The highest BCUT2D eigenvalue weighted by Gasteiger charge is 2.33. The Labute approximate surface area is 198 Å². The highest BCUT2D eigenvalue weighted by molar-refractivity contribution is 5.89. The molecule has 4 rings (SSSR count). The second-order valence-electron chi connectivity index (χ2n) is 9.02. The van der Waals surface area contributed by atoms with Gasteiger partial charge < -0.3 is 25.2 Å². The molecular formula is C26H30N2O6. The molecule has 0 radical (unpaired) electrons. The maximum absolute atomic E-state index is 13.0. The summed E-state index contributed by atoms with van der Waals surface area (Å²) in [6, 6.07) is 14.7. The highest BCUT2D eigenvalue weighted by Crippen LogP contribution is 2.44. The second kappa shape index (κ2) is 10.3. The number of carbonyl (C=O) groups is 3. The maximum atomic E-state index is 13.0. The van der Waals surface area contributed by atoms with E-state index in [1.807, 2.05) is 48.5 Å². The molecule has 1 aliphatic heterocycles. The lowest BCUT2D eigenvalue weighted by atomic mass is 9.92. The van der Waals surface area contributed by atoms with Crippen LogP contribution in [0.5, 0.6) is 0 Å². The summed E-state index contributed by atoms with van der Waals surface area (Å²) < 4.78 is 5.49. The Balaban J connectivity index is 1.39. The molecule has 0 aromatic heterocycles. The molecule has 0 spiro atoms. The van der Waals surface area contributed by atoms with Gasteiger partial charge in [0, 0.05) is 19.0 Å². The molecule has 2 atom stereocenters. The standard InChI is InChI=1S/C26H30N2O6/c1-16(29)17-10-12-28(13-11-17)25(32)23(14-24(30)31)27-26(33)34-15-22-20-8-4-2-6-18(20)19-7-3-5-9-21(19)22/h2-9,16-17,22-23,29H,10-15H2,1H3,(H,27,33)(H,30,31). The van der Waals surface area contributed by atoms with Crippen molar-refractivity contribution in [2.24, 2.45) is 5.92 Å². The number of aliphatic hydroxyl groups is 1. The largest absolute Gasteiger partial charge is 0.481 e. The number of hydrogen-bond donors (Lipinski definition) is 3. The lowest BCUT2D eigenvalue weighted by Gasteiger charge is -2.35. The first-order chi connectivity index (χ1) is 16.3. The molecule has 2 aromatic carbocycles. The summed E-state index contributed by atoms with van der Waals surface area (Å²) in [4.78, 5) is 38.5. The zero-order chi connectivity index (χ0) is 24.2. The van der Waals surface area contributed by atoms with Crippen LogP contribution in [0.4, 0.5) is 4.79 Å². The Morgan fingerprint density at radius 1 is 1.03 bits per heavy atom. The molecule has 8 heteroatoms. The van der Waals surface area contributed by atoms with E-state index in [0.717, 1.165) is 22.3 Å². The van der Waals surface area contributed by atoms with Gasteiger partial charge in [0.2, 0.25) is 5.91 Å². The Bertz CT molecular complexity index is 1020. The number of carboxylic acids is 1. The zero-order valence-electron chi connectivity index (χ0n) is 19.1. The smallest absolute Gasteiger partial charge is 0.407 e. The van der Waals surface area contributed by atoms with E-state index in [2.05, 4.69) is 5.32 Å². The Morgan fingerprint density at radius 3 is 2.12 bits per heavy atom. The topological polar surface area (TPSA) is 116 Å². The second-order valence-corrected chi connectivity index (χ2v) is 9.02. The first-order valence-corrected chi connectivity index (χ1v) is 11.6. The van der Waals surface area contributed by atoms with E-state index in [9.17, 15) is 24.6 Å². The molecule has 2 aromatic rings. The SMILES string of the molecule is CC(O)C1CCN(C(=O)C(CC(=O)O)NC(=O)OCC2c3ccccc3-c3ccccc32)CC1. The van der Waals surface area contributed by atoms with Crippen molar-refractivity contribution in [3.8, 4) is 11.1 Å². The lowest BCUT2D eigenvalue weighted by Crippen LogP contribution is -2.52. The number of carboxylic acid groups (broad SMARTS) is 1. The van der Waals surface area contributed by atoms with E-state index in [1.54, 1.807) is 11.8 Å². The van der Waals surface area contributed by atoms with Gasteiger partial charge in [-0.2, -0.15) is 0 Å². The van der Waals surface area contributed by atoms with Crippen molar-refractivity contribution in [1.29, 1.82) is 0 Å². The highest BCUT2D eigenvalue weighted by atomic mass is 16.5.